The molecule has 2 rings (SSSR count). The van der Waals surface area contributed by atoms with Crippen molar-refractivity contribution >= 4 is 11.8 Å². The van der Waals surface area contributed by atoms with Gasteiger partial charge in [0.25, 0.3) is 0 Å². The molecule has 0 aliphatic carbocycles. The minimum absolute atomic E-state index is 0.489. The average Bonchev–Trinajstić information content (AvgIpc) is 2.16. The zero-order valence-corrected chi connectivity index (χ0v) is 8.70. The van der Waals surface area contributed by atoms with E-state index in [0.717, 1.165) is 12.2 Å². The Morgan fingerprint density at radius 2 is 2.00 bits per heavy atom. The molecular weight excluding hydrogens is 172 g/mol. The van der Waals surface area contributed by atoms with E-state index in [1.807, 2.05) is 6.07 Å². The van der Waals surface area contributed by atoms with Crippen molar-refractivity contribution in [3.05, 3.63) is 35.5 Å². The van der Waals surface area contributed by atoms with E-state index >= 15 is 0 Å². The number of fused-ring (bicyclic) bond motifs is 1. The highest BCUT2D eigenvalue weighted by Crippen LogP contribution is 2.28. The first kappa shape index (κ1) is 9.13. The highest BCUT2D eigenvalue weighted by molar-refractivity contribution is 5.73. The van der Waals surface area contributed by atoms with Crippen LogP contribution in [0.5, 0.6) is 0 Å². The number of hydrogen-bond donors (Lipinski definition) is 1. The largest absolute Gasteiger partial charge is 0.401 e. The third-order valence-electron chi connectivity index (χ3n) is 2.56. The maximum absolute atomic E-state index is 5.90. The molecule has 0 aromatic heterocycles. The fourth-order valence-corrected chi connectivity index (χ4v) is 1.86. The van der Waals surface area contributed by atoms with Gasteiger partial charge in [0, 0.05) is 17.4 Å². The molecule has 0 saturated heterocycles. The van der Waals surface area contributed by atoms with Gasteiger partial charge in [0.15, 0.2) is 0 Å². The molecule has 14 heavy (non-hydrogen) atoms. The van der Waals surface area contributed by atoms with Gasteiger partial charge in [-0.25, -0.2) is 0 Å². The van der Waals surface area contributed by atoms with Gasteiger partial charge in [-0.05, 0) is 31.6 Å². The molecule has 0 spiro atoms. The van der Waals surface area contributed by atoms with Crippen molar-refractivity contribution in [2.45, 2.75) is 19.9 Å². The van der Waals surface area contributed by atoms with Crippen LogP contribution in [0.1, 0.15) is 19.4 Å². The van der Waals surface area contributed by atoms with Gasteiger partial charge in [-0.1, -0.05) is 18.2 Å². The Hall–Kier alpha value is -1.44. The molecule has 1 heterocycles. The number of nitrogens with two attached hydrogens (primary N) is 1. The van der Waals surface area contributed by atoms with Crippen molar-refractivity contribution < 1.29 is 0 Å². The minimum Gasteiger partial charge on any atom is -0.401 e. The topological polar surface area (TPSA) is 29.3 Å². The Bertz CT molecular complexity index is 366. The SMILES string of the molecule is CC(C)N1CC(N)=Cc2ccccc21. The van der Waals surface area contributed by atoms with E-state index in [0.29, 0.717) is 6.04 Å². The molecule has 0 unspecified atom stereocenters. The molecular formula is C12H16N2. The molecule has 2 nitrogen and oxygen atoms in total. The Morgan fingerprint density at radius 3 is 2.71 bits per heavy atom. The average molecular weight is 188 g/mol. The summed E-state index contributed by atoms with van der Waals surface area (Å²) in [7, 11) is 0. The summed E-state index contributed by atoms with van der Waals surface area (Å²) in [6.07, 6.45) is 2.06. The first-order valence-corrected chi connectivity index (χ1v) is 5.00. The molecule has 1 aliphatic rings. The van der Waals surface area contributed by atoms with Gasteiger partial charge < -0.3 is 10.6 Å². The Kier molecular flexibility index (Phi) is 2.20. The van der Waals surface area contributed by atoms with Crippen molar-refractivity contribution in [1.29, 1.82) is 0 Å². The number of rotatable bonds is 1. The number of para-hydroxylation sites is 1. The van der Waals surface area contributed by atoms with E-state index in [2.05, 4.69) is 43.0 Å². The quantitative estimate of drug-likeness (QED) is 0.732. The molecule has 0 bridgehead atoms. The first-order chi connectivity index (χ1) is 6.68. The number of nitrogens with zero attached hydrogens (tertiary/aromatic N) is 1. The summed E-state index contributed by atoms with van der Waals surface area (Å²) in [6.45, 7) is 5.22. The maximum atomic E-state index is 5.90. The molecule has 2 heteroatoms. The van der Waals surface area contributed by atoms with Crippen LogP contribution in [-0.4, -0.2) is 12.6 Å². The summed E-state index contributed by atoms with van der Waals surface area (Å²) >= 11 is 0. The van der Waals surface area contributed by atoms with Crippen LogP contribution >= 0.6 is 0 Å². The lowest BCUT2D eigenvalue weighted by atomic mass is 10.0. The third-order valence-corrected chi connectivity index (χ3v) is 2.56. The molecule has 1 aliphatic heterocycles. The number of benzene rings is 1. The van der Waals surface area contributed by atoms with Crippen LogP contribution in [0.15, 0.2) is 30.0 Å². The van der Waals surface area contributed by atoms with Crippen LogP contribution in [0.4, 0.5) is 5.69 Å². The normalized spacial score (nSPS) is 15.4. The lowest BCUT2D eigenvalue weighted by molar-refractivity contribution is 0.705. The second-order valence-electron chi connectivity index (χ2n) is 4.00. The number of hydrogen-bond acceptors (Lipinski definition) is 2. The van der Waals surface area contributed by atoms with E-state index in [4.69, 9.17) is 5.73 Å². The zero-order valence-electron chi connectivity index (χ0n) is 8.70. The van der Waals surface area contributed by atoms with E-state index < -0.39 is 0 Å². The molecule has 0 fully saturated rings. The molecule has 0 amide bonds. The Balaban J connectivity index is 2.48. The first-order valence-electron chi connectivity index (χ1n) is 5.00. The van der Waals surface area contributed by atoms with Gasteiger partial charge in [0.1, 0.15) is 0 Å². The number of anilines is 1. The Morgan fingerprint density at radius 1 is 1.29 bits per heavy atom. The molecule has 1 aromatic carbocycles. The standard InChI is InChI=1S/C12H16N2/c1-9(2)14-8-11(13)7-10-5-3-4-6-12(10)14/h3-7,9H,8,13H2,1-2H3. The van der Waals surface area contributed by atoms with Crippen molar-refractivity contribution in [2.75, 3.05) is 11.4 Å². The fraction of sp³-hybridized carbons (Fsp3) is 0.333. The van der Waals surface area contributed by atoms with Gasteiger partial charge in [0.05, 0.1) is 6.54 Å². The van der Waals surface area contributed by atoms with Crippen molar-refractivity contribution in [2.24, 2.45) is 5.73 Å². The molecule has 0 radical (unpaired) electrons. The van der Waals surface area contributed by atoms with Gasteiger partial charge in [0.2, 0.25) is 0 Å². The lowest BCUT2D eigenvalue weighted by Gasteiger charge is -2.33. The molecule has 0 saturated carbocycles. The smallest absolute Gasteiger partial charge is 0.0577 e. The predicted octanol–water partition coefficient (Wildman–Crippen LogP) is 2.21. The monoisotopic (exact) mass is 188 g/mol. The highest BCUT2D eigenvalue weighted by atomic mass is 15.2. The summed E-state index contributed by atoms with van der Waals surface area (Å²) in [5.74, 6) is 0. The second kappa shape index (κ2) is 3.37. The van der Waals surface area contributed by atoms with Crippen molar-refractivity contribution in [3.8, 4) is 0 Å². The van der Waals surface area contributed by atoms with Crippen molar-refractivity contribution in [3.63, 3.8) is 0 Å². The molecule has 1 aromatic rings. The van der Waals surface area contributed by atoms with Crippen molar-refractivity contribution in [1.82, 2.24) is 0 Å². The van der Waals surface area contributed by atoms with E-state index in [1.54, 1.807) is 0 Å². The second-order valence-corrected chi connectivity index (χ2v) is 4.00. The van der Waals surface area contributed by atoms with Crippen LogP contribution in [0.2, 0.25) is 0 Å². The van der Waals surface area contributed by atoms with Gasteiger partial charge >= 0.3 is 0 Å². The lowest BCUT2D eigenvalue weighted by Crippen LogP contribution is -2.36. The zero-order chi connectivity index (χ0) is 10.1. The summed E-state index contributed by atoms with van der Waals surface area (Å²) < 4.78 is 0. The van der Waals surface area contributed by atoms with Crippen LogP contribution in [-0.2, 0) is 0 Å². The van der Waals surface area contributed by atoms with Gasteiger partial charge in [-0.3, -0.25) is 0 Å². The summed E-state index contributed by atoms with van der Waals surface area (Å²) in [5.41, 5.74) is 9.35. The predicted molar refractivity (Wildman–Crippen MR) is 61.1 cm³/mol. The van der Waals surface area contributed by atoms with Crippen LogP contribution in [0.25, 0.3) is 6.08 Å². The molecule has 0 atom stereocenters. The summed E-state index contributed by atoms with van der Waals surface area (Å²) in [5, 5.41) is 0. The third kappa shape index (κ3) is 1.48. The summed E-state index contributed by atoms with van der Waals surface area (Å²) in [4.78, 5) is 2.32. The van der Waals surface area contributed by atoms with E-state index in [1.165, 1.54) is 11.3 Å². The fourth-order valence-electron chi connectivity index (χ4n) is 1.86. The Labute approximate surface area is 85.0 Å². The van der Waals surface area contributed by atoms with Crippen LogP contribution < -0.4 is 10.6 Å². The van der Waals surface area contributed by atoms with Crippen LogP contribution in [0, 0.1) is 0 Å². The summed E-state index contributed by atoms with van der Waals surface area (Å²) in [6, 6.07) is 8.87. The maximum Gasteiger partial charge on any atom is 0.0577 e. The highest BCUT2D eigenvalue weighted by Gasteiger charge is 2.17. The minimum atomic E-state index is 0.489. The van der Waals surface area contributed by atoms with E-state index in [-0.39, 0.29) is 0 Å². The van der Waals surface area contributed by atoms with Crippen LogP contribution in [0.3, 0.4) is 0 Å². The molecule has 74 valence electrons. The van der Waals surface area contributed by atoms with Gasteiger partial charge in [-0.15, -0.1) is 0 Å². The molecule has 2 N–H and O–H groups in total. The van der Waals surface area contributed by atoms with Gasteiger partial charge in [-0.2, -0.15) is 0 Å². The van der Waals surface area contributed by atoms with E-state index in [9.17, 15) is 0 Å².